The Morgan fingerprint density at radius 1 is 1.31 bits per heavy atom. The third-order valence-electron chi connectivity index (χ3n) is 4.16. The maximum Gasteiger partial charge on any atom is 0.0703 e. The molecule has 1 aromatic carbocycles. The predicted molar refractivity (Wildman–Crippen MR) is 68.8 cm³/mol. The SMILES string of the molecule is C[C@]12Cc3ccc(Br)cc3[C@@](C)(CCO1)C2. The Labute approximate surface area is 105 Å². The van der Waals surface area contributed by atoms with Gasteiger partial charge in [0.15, 0.2) is 0 Å². The lowest BCUT2D eigenvalue weighted by Crippen LogP contribution is -2.49. The molecule has 0 saturated carbocycles. The van der Waals surface area contributed by atoms with E-state index in [0.717, 1.165) is 25.9 Å². The van der Waals surface area contributed by atoms with Crippen molar-refractivity contribution in [3.8, 4) is 0 Å². The first-order valence-electron chi connectivity index (χ1n) is 5.94. The number of hydrogen-bond acceptors (Lipinski definition) is 1. The van der Waals surface area contributed by atoms with Crippen molar-refractivity contribution in [3.05, 3.63) is 33.8 Å². The minimum atomic E-state index is 0.0633. The van der Waals surface area contributed by atoms with Gasteiger partial charge in [-0.2, -0.15) is 0 Å². The molecule has 1 heterocycles. The molecule has 0 radical (unpaired) electrons. The van der Waals surface area contributed by atoms with Gasteiger partial charge in [-0.15, -0.1) is 0 Å². The van der Waals surface area contributed by atoms with Crippen LogP contribution in [0.5, 0.6) is 0 Å². The van der Waals surface area contributed by atoms with Crippen LogP contribution in [0.3, 0.4) is 0 Å². The van der Waals surface area contributed by atoms with E-state index < -0.39 is 0 Å². The molecule has 0 aromatic heterocycles. The summed E-state index contributed by atoms with van der Waals surface area (Å²) in [5.74, 6) is 0. The number of hydrogen-bond donors (Lipinski definition) is 0. The molecule has 1 nitrogen and oxygen atoms in total. The minimum Gasteiger partial charge on any atom is -0.375 e. The van der Waals surface area contributed by atoms with E-state index in [-0.39, 0.29) is 5.60 Å². The molecular formula is C14H17BrO. The first-order valence-corrected chi connectivity index (χ1v) is 6.73. The van der Waals surface area contributed by atoms with Crippen LogP contribution in [0.15, 0.2) is 22.7 Å². The lowest BCUT2D eigenvalue weighted by Gasteiger charge is -2.50. The zero-order valence-electron chi connectivity index (χ0n) is 9.85. The summed E-state index contributed by atoms with van der Waals surface area (Å²) in [6, 6.07) is 6.70. The molecule has 2 atom stereocenters. The van der Waals surface area contributed by atoms with Gasteiger partial charge in [0.25, 0.3) is 0 Å². The average Bonchev–Trinajstić information content (AvgIpc) is 2.18. The molecule has 2 bridgehead atoms. The van der Waals surface area contributed by atoms with Crippen molar-refractivity contribution < 1.29 is 4.74 Å². The number of halogens is 1. The van der Waals surface area contributed by atoms with Crippen molar-refractivity contribution >= 4 is 15.9 Å². The van der Waals surface area contributed by atoms with Crippen LogP contribution in [-0.4, -0.2) is 12.2 Å². The lowest BCUT2D eigenvalue weighted by molar-refractivity contribution is -0.0983. The molecule has 3 rings (SSSR count). The Morgan fingerprint density at radius 2 is 2.12 bits per heavy atom. The molecule has 0 amide bonds. The summed E-state index contributed by atoms with van der Waals surface area (Å²) in [6.07, 6.45) is 3.36. The van der Waals surface area contributed by atoms with Gasteiger partial charge in [0.2, 0.25) is 0 Å². The summed E-state index contributed by atoms with van der Waals surface area (Å²) in [7, 11) is 0. The summed E-state index contributed by atoms with van der Waals surface area (Å²) in [6.45, 7) is 5.55. The summed E-state index contributed by atoms with van der Waals surface area (Å²) in [4.78, 5) is 0. The molecule has 0 spiro atoms. The van der Waals surface area contributed by atoms with Gasteiger partial charge in [-0.3, -0.25) is 0 Å². The normalized spacial score (nSPS) is 36.9. The van der Waals surface area contributed by atoms with E-state index in [0.29, 0.717) is 5.41 Å². The van der Waals surface area contributed by atoms with Crippen molar-refractivity contribution in [2.24, 2.45) is 0 Å². The van der Waals surface area contributed by atoms with Crippen LogP contribution in [0.25, 0.3) is 0 Å². The van der Waals surface area contributed by atoms with Crippen LogP contribution in [0.2, 0.25) is 0 Å². The Bertz CT molecular complexity index is 442. The highest BCUT2D eigenvalue weighted by Crippen LogP contribution is 2.48. The second kappa shape index (κ2) is 3.33. The molecule has 86 valence electrons. The number of fused-ring (bicyclic) bond motifs is 4. The van der Waals surface area contributed by atoms with Crippen LogP contribution in [0.4, 0.5) is 0 Å². The van der Waals surface area contributed by atoms with Gasteiger partial charge in [0, 0.05) is 17.5 Å². The highest BCUT2D eigenvalue weighted by molar-refractivity contribution is 9.10. The van der Waals surface area contributed by atoms with Crippen molar-refractivity contribution in [3.63, 3.8) is 0 Å². The average molecular weight is 281 g/mol. The van der Waals surface area contributed by atoms with E-state index in [1.165, 1.54) is 15.6 Å². The minimum absolute atomic E-state index is 0.0633. The van der Waals surface area contributed by atoms with Gasteiger partial charge in [0.05, 0.1) is 5.60 Å². The Balaban J connectivity index is 2.17. The van der Waals surface area contributed by atoms with Crippen molar-refractivity contribution in [2.45, 2.75) is 44.1 Å². The van der Waals surface area contributed by atoms with Gasteiger partial charge in [-0.1, -0.05) is 28.9 Å². The largest absolute Gasteiger partial charge is 0.375 e. The zero-order chi connectivity index (χ0) is 11.4. The first kappa shape index (κ1) is 10.8. The monoisotopic (exact) mass is 280 g/mol. The molecule has 1 aliphatic carbocycles. The molecule has 0 N–H and O–H groups in total. The topological polar surface area (TPSA) is 9.23 Å². The second-order valence-corrected chi connectivity index (χ2v) is 6.68. The predicted octanol–water partition coefficient (Wildman–Crippen LogP) is 3.83. The van der Waals surface area contributed by atoms with Crippen LogP contribution in [0.1, 0.15) is 37.8 Å². The summed E-state index contributed by atoms with van der Waals surface area (Å²) >= 11 is 3.59. The number of benzene rings is 1. The molecule has 1 aliphatic heterocycles. The van der Waals surface area contributed by atoms with Crippen LogP contribution < -0.4 is 0 Å². The number of ether oxygens (including phenoxy) is 1. The van der Waals surface area contributed by atoms with E-state index in [1.54, 1.807) is 0 Å². The van der Waals surface area contributed by atoms with E-state index >= 15 is 0 Å². The van der Waals surface area contributed by atoms with Crippen LogP contribution in [0, 0.1) is 0 Å². The molecule has 0 unspecified atom stereocenters. The highest BCUT2D eigenvalue weighted by atomic mass is 79.9. The van der Waals surface area contributed by atoms with Gasteiger partial charge in [-0.25, -0.2) is 0 Å². The van der Waals surface area contributed by atoms with Gasteiger partial charge < -0.3 is 4.74 Å². The summed E-state index contributed by atoms with van der Waals surface area (Å²) in [5, 5.41) is 0. The zero-order valence-corrected chi connectivity index (χ0v) is 11.4. The maximum atomic E-state index is 5.98. The number of rotatable bonds is 0. The van der Waals surface area contributed by atoms with Gasteiger partial charge >= 0.3 is 0 Å². The quantitative estimate of drug-likeness (QED) is 0.702. The summed E-state index contributed by atoms with van der Waals surface area (Å²) < 4.78 is 7.17. The third kappa shape index (κ3) is 1.54. The fourth-order valence-electron chi connectivity index (χ4n) is 3.50. The smallest absolute Gasteiger partial charge is 0.0703 e. The third-order valence-corrected chi connectivity index (χ3v) is 4.65. The lowest BCUT2D eigenvalue weighted by atomic mass is 9.63. The standard InChI is InChI=1S/C14H17BrO/c1-13-5-6-16-14(2,9-13)8-10-3-4-11(15)7-12(10)13/h3-4,7H,5-6,8-9H2,1-2H3/t13-,14+/m0/s1. The van der Waals surface area contributed by atoms with Crippen molar-refractivity contribution in [1.82, 2.24) is 0 Å². The van der Waals surface area contributed by atoms with E-state index in [1.807, 2.05) is 0 Å². The highest BCUT2D eigenvalue weighted by Gasteiger charge is 2.46. The van der Waals surface area contributed by atoms with Gasteiger partial charge in [0.1, 0.15) is 0 Å². The Hall–Kier alpha value is -0.340. The van der Waals surface area contributed by atoms with E-state index in [4.69, 9.17) is 4.74 Å². The molecule has 2 aliphatic rings. The first-order chi connectivity index (χ1) is 7.51. The molecule has 2 heteroatoms. The van der Waals surface area contributed by atoms with E-state index in [2.05, 4.69) is 48.0 Å². The molecule has 1 saturated heterocycles. The molecular weight excluding hydrogens is 264 g/mol. The molecule has 16 heavy (non-hydrogen) atoms. The molecule has 1 aromatic rings. The van der Waals surface area contributed by atoms with E-state index in [9.17, 15) is 0 Å². The van der Waals surface area contributed by atoms with Gasteiger partial charge in [-0.05, 0) is 48.4 Å². The maximum absolute atomic E-state index is 5.98. The molecule has 1 fully saturated rings. The van der Waals surface area contributed by atoms with Crippen LogP contribution in [-0.2, 0) is 16.6 Å². The van der Waals surface area contributed by atoms with Crippen molar-refractivity contribution in [1.29, 1.82) is 0 Å². The van der Waals surface area contributed by atoms with Crippen molar-refractivity contribution in [2.75, 3.05) is 6.61 Å². The Morgan fingerprint density at radius 3 is 2.94 bits per heavy atom. The second-order valence-electron chi connectivity index (χ2n) is 5.76. The summed E-state index contributed by atoms with van der Waals surface area (Å²) in [5.41, 5.74) is 3.37. The fourth-order valence-corrected chi connectivity index (χ4v) is 3.86. The fraction of sp³-hybridized carbons (Fsp3) is 0.571. The van der Waals surface area contributed by atoms with Crippen LogP contribution >= 0.6 is 15.9 Å². The Kier molecular flexibility index (Phi) is 2.25.